The summed E-state index contributed by atoms with van der Waals surface area (Å²) in [4.78, 5) is 15.3. The highest BCUT2D eigenvalue weighted by Crippen LogP contribution is 2.21. The average Bonchev–Trinajstić information content (AvgIpc) is 2.03. The van der Waals surface area contributed by atoms with E-state index in [4.69, 9.17) is 11.0 Å². The zero-order chi connectivity index (χ0) is 9.61. The quantitative estimate of drug-likeness (QED) is 0.465. The summed E-state index contributed by atoms with van der Waals surface area (Å²) < 4.78 is 0. The van der Waals surface area contributed by atoms with Gasteiger partial charge in [0.15, 0.2) is 5.60 Å². The molecule has 1 unspecified atom stereocenters. The van der Waals surface area contributed by atoms with E-state index in [1.54, 1.807) is 0 Å². The first-order chi connectivity index (χ1) is 5.63. The fraction of sp³-hybridized carbons (Fsp3) is 0.625. The first kappa shape index (κ1) is 11.1. The standard InChI is InChI=1S/C8H15NO3/c1-3-5-8(12-9,6-4-2)7(10)11/h3H,1,4-6,9H2,2H3,(H,10,11). The van der Waals surface area contributed by atoms with Crippen molar-refractivity contribution >= 4 is 5.97 Å². The number of hydrogen-bond acceptors (Lipinski definition) is 3. The van der Waals surface area contributed by atoms with Crippen LogP contribution < -0.4 is 5.90 Å². The smallest absolute Gasteiger partial charge is 0.338 e. The molecule has 0 radical (unpaired) electrons. The third kappa shape index (κ3) is 2.32. The van der Waals surface area contributed by atoms with Crippen molar-refractivity contribution in [1.29, 1.82) is 0 Å². The summed E-state index contributed by atoms with van der Waals surface area (Å²) in [6, 6.07) is 0. The van der Waals surface area contributed by atoms with E-state index >= 15 is 0 Å². The van der Waals surface area contributed by atoms with Crippen molar-refractivity contribution in [1.82, 2.24) is 0 Å². The molecule has 0 aliphatic carbocycles. The summed E-state index contributed by atoms with van der Waals surface area (Å²) in [6.07, 6.45) is 2.82. The van der Waals surface area contributed by atoms with Gasteiger partial charge in [-0.25, -0.2) is 10.7 Å². The van der Waals surface area contributed by atoms with Crippen molar-refractivity contribution in [2.75, 3.05) is 0 Å². The minimum absolute atomic E-state index is 0.229. The molecule has 0 rings (SSSR count). The lowest BCUT2D eigenvalue weighted by molar-refractivity contribution is -0.167. The van der Waals surface area contributed by atoms with E-state index in [9.17, 15) is 4.79 Å². The number of carbonyl (C=O) groups is 1. The third-order valence-corrected chi connectivity index (χ3v) is 1.74. The van der Waals surface area contributed by atoms with Gasteiger partial charge in [-0.1, -0.05) is 19.4 Å². The fourth-order valence-corrected chi connectivity index (χ4v) is 1.09. The maximum Gasteiger partial charge on any atom is 0.338 e. The van der Waals surface area contributed by atoms with Crippen molar-refractivity contribution in [2.45, 2.75) is 31.8 Å². The second-order valence-electron chi connectivity index (χ2n) is 2.66. The lowest BCUT2D eigenvalue weighted by Gasteiger charge is -2.24. The summed E-state index contributed by atoms with van der Waals surface area (Å²) in [7, 11) is 0. The van der Waals surface area contributed by atoms with E-state index in [0.29, 0.717) is 12.8 Å². The van der Waals surface area contributed by atoms with E-state index in [1.165, 1.54) is 6.08 Å². The van der Waals surface area contributed by atoms with Crippen LogP contribution in [0.3, 0.4) is 0 Å². The Bertz CT molecular complexity index is 170. The van der Waals surface area contributed by atoms with E-state index in [2.05, 4.69) is 11.4 Å². The number of carboxylic acid groups (broad SMARTS) is 1. The van der Waals surface area contributed by atoms with Gasteiger partial charge in [-0.15, -0.1) is 6.58 Å². The Labute approximate surface area is 72.0 Å². The van der Waals surface area contributed by atoms with Crippen molar-refractivity contribution in [3.8, 4) is 0 Å². The first-order valence-corrected chi connectivity index (χ1v) is 3.85. The van der Waals surface area contributed by atoms with Crippen molar-refractivity contribution < 1.29 is 14.7 Å². The second kappa shape index (κ2) is 4.90. The number of nitrogens with two attached hydrogens (primary N) is 1. The molecule has 12 heavy (non-hydrogen) atoms. The molecule has 0 spiro atoms. The van der Waals surface area contributed by atoms with Crippen LogP contribution in [0.5, 0.6) is 0 Å². The summed E-state index contributed by atoms with van der Waals surface area (Å²) >= 11 is 0. The molecule has 0 aromatic heterocycles. The predicted molar refractivity (Wildman–Crippen MR) is 45.4 cm³/mol. The number of carboxylic acids is 1. The molecule has 70 valence electrons. The first-order valence-electron chi connectivity index (χ1n) is 3.85. The maximum absolute atomic E-state index is 10.8. The SMILES string of the molecule is C=CCC(CCC)(ON)C(=O)O. The molecule has 0 bridgehead atoms. The Morgan fingerprint density at radius 1 is 1.83 bits per heavy atom. The Kier molecular flexibility index (Phi) is 4.54. The Morgan fingerprint density at radius 2 is 2.42 bits per heavy atom. The highest BCUT2D eigenvalue weighted by molar-refractivity contribution is 5.77. The zero-order valence-corrected chi connectivity index (χ0v) is 7.25. The minimum Gasteiger partial charge on any atom is -0.479 e. The van der Waals surface area contributed by atoms with Crippen LogP contribution in [0.4, 0.5) is 0 Å². The van der Waals surface area contributed by atoms with E-state index < -0.39 is 11.6 Å². The second-order valence-corrected chi connectivity index (χ2v) is 2.66. The summed E-state index contributed by atoms with van der Waals surface area (Å²) in [6.45, 7) is 5.33. The molecule has 0 saturated carbocycles. The van der Waals surface area contributed by atoms with Crippen LogP contribution in [-0.4, -0.2) is 16.7 Å². The molecule has 0 aliphatic rings. The number of rotatable bonds is 6. The normalized spacial score (nSPS) is 15.2. The molecule has 4 heteroatoms. The Morgan fingerprint density at radius 3 is 2.67 bits per heavy atom. The van der Waals surface area contributed by atoms with E-state index in [1.807, 2.05) is 6.92 Å². The lowest BCUT2D eigenvalue weighted by Crippen LogP contribution is -2.43. The molecule has 0 fully saturated rings. The Balaban J connectivity index is 4.49. The van der Waals surface area contributed by atoms with Gasteiger partial charge >= 0.3 is 5.97 Å². The summed E-state index contributed by atoms with van der Waals surface area (Å²) in [5, 5.41) is 8.83. The number of hydrogen-bond donors (Lipinski definition) is 2. The van der Waals surface area contributed by atoms with Gasteiger partial charge in [0.2, 0.25) is 0 Å². The van der Waals surface area contributed by atoms with Crippen molar-refractivity contribution in [2.24, 2.45) is 5.90 Å². The van der Waals surface area contributed by atoms with Gasteiger partial charge in [0.1, 0.15) is 0 Å². The maximum atomic E-state index is 10.8. The Hall–Kier alpha value is -0.870. The minimum atomic E-state index is -1.28. The third-order valence-electron chi connectivity index (χ3n) is 1.74. The molecule has 3 N–H and O–H groups in total. The zero-order valence-electron chi connectivity index (χ0n) is 7.25. The molecule has 4 nitrogen and oxygen atoms in total. The molecule has 1 atom stereocenters. The average molecular weight is 173 g/mol. The van der Waals surface area contributed by atoms with Crippen LogP contribution in [0, 0.1) is 0 Å². The highest BCUT2D eigenvalue weighted by Gasteiger charge is 2.37. The molecule has 0 saturated heterocycles. The summed E-state index contributed by atoms with van der Waals surface area (Å²) in [5.74, 6) is 3.92. The largest absolute Gasteiger partial charge is 0.479 e. The van der Waals surface area contributed by atoms with E-state index in [0.717, 1.165) is 0 Å². The molecule has 0 amide bonds. The molecular weight excluding hydrogens is 158 g/mol. The van der Waals surface area contributed by atoms with Gasteiger partial charge in [-0.3, -0.25) is 4.84 Å². The van der Waals surface area contributed by atoms with Crippen LogP contribution in [0.1, 0.15) is 26.2 Å². The topological polar surface area (TPSA) is 72.5 Å². The van der Waals surface area contributed by atoms with Gasteiger partial charge in [0, 0.05) is 6.42 Å². The van der Waals surface area contributed by atoms with Crippen LogP contribution in [0.2, 0.25) is 0 Å². The van der Waals surface area contributed by atoms with Crippen molar-refractivity contribution in [3.63, 3.8) is 0 Å². The van der Waals surface area contributed by atoms with Crippen LogP contribution >= 0.6 is 0 Å². The van der Waals surface area contributed by atoms with Crippen LogP contribution in [-0.2, 0) is 9.63 Å². The molecule has 0 aromatic rings. The van der Waals surface area contributed by atoms with Crippen LogP contribution in [0.15, 0.2) is 12.7 Å². The monoisotopic (exact) mass is 173 g/mol. The fourth-order valence-electron chi connectivity index (χ4n) is 1.09. The van der Waals surface area contributed by atoms with Crippen LogP contribution in [0.25, 0.3) is 0 Å². The van der Waals surface area contributed by atoms with Gasteiger partial charge in [-0.05, 0) is 6.42 Å². The summed E-state index contributed by atoms with van der Waals surface area (Å²) in [5.41, 5.74) is -1.28. The van der Waals surface area contributed by atoms with E-state index in [-0.39, 0.29) is 6.42 Å². The molecule has 0 aliphatic heterocycles. The van der Waals surface area contributed by atoms with Crippen molar-refractivity contribution in [3.05, 3.63) is 12.7 Å². The van der Waals surface area contributed by atoms with Gasteiger partial charge in [0.05, 0.1) is 0 Å². The molecule has 0 heterocycles. The lowest BCUT2D eigenvalue weighted by atomic mass is 9.94. The highest BCUT2D eigenvalue weighted by atomic mass is 16.6. The van der Waals surface area contributed by atoms with Gasteiger partial charge in [-0.2, -0.15) is 0 Å². The predicted octanol–water partition coefficient (Wildman–Crippen LogP) is 1.08. The molecular formula is C8H15NO3. The van der Waals surface area contributed by atoms with Gasteiger partial charge in [0.25, 0.3) is 0 Å². The van der Waals surface area contributed by atoms with Gasteiger partial charge < -0.3 is 5.11 Å². The number of aliphatic carboxylic acids is 1. The molecule has 0 aromatic carbocycles.